The molecule has 0 aliphatic heterocycles. The number of halogens is 1. The van der Waals surface area contributed by atoms with E-state index >= 15 is 0 Å². The Morgan fingerprint density at radius 1 is 1.06 bits per heavy atom. The quantitative estimate of drug-likeness (QED) is 0.775. The number of hydrogen-bond acceptors (Lipinski definition) is 2. The summed E-state index contributed by atoms with van der Waals surface area (Å²) in [7, 11) is 4.02. The van der Waals surface area contributed by atoms with Gasteiger partial charge in [0.2, 0.25) is 0 Å². The molecule has 4 saturated carbocycles. The van der Waals surface area contributed by atoms with Crippen molar-refractivity contribution < 1.29 is 4.79 Å². The van der Waals surface area contributed by atoms with Crippen LogP contribution in [0.15, 0.2) is 0 Å². The minimum atomic E-state index is 0. The third-order valence-electron chi connectivity index (χ3n) is 5.09. The van der Waals surface area contributed by atoms with E-state index in [2.05, 4.69) is 0 Å². The highest BCUT2D eigenvalue weighted by Crippen LogP contribution is 2.60. The lowest BCUT2D eigenvalue weighted by Gasteiger charge is -2.56. The molecule has 0 unspecified atom stereocenters. The summed E-state index contributed by atoms with van der Waals surface area (Å²) < 4.78 is 0. The summed E-state index contributed by atoms with van der Waals surface area (Å²) in [4.78, 5) is 14.5. The van der Waals surface area contributed by atoms with E-state index in [-0.39, 0.29) is 17.8 Å². The summed E-state index contributed by atoms with van der Waals surface area (Å²) in [6.07, 6.45) is 7.92. The molecule has 4 aliphatic rings. The van der Waals surface area contributed by atoms with Crippen LogP contribution in [0.3, 0.4) is 0 Å². The number of nitrogens with zero attached hydrogens (tertiary/aromatic N) is 1. The van der Waals surface area contributed by atoms with Crippen LogP contribution < -0.4 is 0 Å². The molecule has 0 atom stereocenters. The zero-order valence-electron chi connectivity index (χ0n) is 10.9. The highest BCUT2D eigenvalue weighted by molar-refractivity contribution is 5.87. The fourth-order valence-electron chi connectivity index (χ4n) is 4.91. The Balaban J connectivity index is 0.00000108. The highest BCUT2D eigenvalue weighted by Gasteiger charge is 2.54. The van der Waals surface area contributed by atoms with Gasteiger partial charge < -0.3 is 4.90 Å². The molecule has 4 aliphatic carbocycles. The third kappa shape index (κ3) is 2.26. The lowest BCUT2D eigenvalue weighted by molar-refractivity contribution is -0.144. The highest BCUT2D eigenvalue weighted by atomic mass is 35.5. The van der Waals surface area contributed by atoms with Crippen molar-refractivity contribution >= 4 is 18.2 Å². The largest absolute Gasteiger partial charge is 0.302 e. The fourth-order valence-corrected chi connectivity index (χ4v) is 4.91. The zero-order valence-corrected chi connectivity index (χ0v) is 11.8. The predicted octanol–water partition coefficient (Wildman–Crippen LogP) is 2.76. The van der Waals surface area contributed by atoms with E-state index in [4.69, 9.17) is 0 Å². The van der Waals surface area contributed by atoms with Crippen molar-refractivity contribution in [1.82, 2.24) is 4.90 Å². The molecule has 3 heteroatoms. The maximum Gasteiger partial charge on any atom is 0.152 e. The van der Waals surface area contributed by atoms with Crippen LogP contribution in [0.1, 0.15) is 38.5 Å². The van der Waals surface area contributed by atoms with Crippen molar-refractivity contribution in [1.29, 1.82) is 0 Å². The van der Waals surface area contributed by atoms with Crippen molar-refractivity contribution in [2.75, 3.05) is 20.6 Å². The van der Waals surface area contributed by atoms with E-state index in [0.29, 0.717) is 12.3 Å². The van der Waals surface area contributed by atoms with E-state index in [1.54, 1.807) is 0 Å². The molecule has 17 heavy (non-hydrogen) atoms. The molecule has 2 nitrogen and oxygen atoms in total. The zero-order chi connectivity index (χ0) is 11.3. The molecule has 0 heterocycles. The number of likely N-dealkylation sites (N-methyl/N-ethyl adjacent to an activating group) is 1. The first-order valence-corrected chi connectivity index (χ1v) is 6.75. The Hall–Kier alpha value is -0.0800. The first kappa shape index (κ1) is 13.4. The van der Waals surface area contributed by atoms with Crippen molar-refractivity contribution in [3.63, 3.8) is 0 Å². The monoisotopic (exact) mass is 257 g/mol. The maximum absolute atomic E-state index is 12.5. The second-order valence-corrected chi connectivity index (χ2v) is 6.86. The second kappa shape index (κ2) is 4.55. The van der Waals surface area contributed by atoms with Gasteiger partial charge in [0, 0.05) is 5.41 Å². The molecule has 98 valence electrons. The normalized spacial score (nSPS) is 42.6. The first-order valence-electron chi connectivity index (χ1n) is 6.75. The Morgan fingerprint density at radius 2 is 1.47 bits per heavy atom. The lowest BCUT2D eigenvalue weighted by Crippen LogP contribution is -2.51. The van der Waals surface area contributed by atoms with E-state index in [0.717, 1.165) is 17.8 Å². The van der Waals surface area contributed by atoms with Crippen LogP contribution >= 0.6 is 12.4 Å². The topological polar surface area (TPSA) is 20.3 Å². The van der Waals surface area contributed by atoms with Crippen molar-refractivity contribution in [3.8, 4) is 0 Å². The SMILES string of the molecule is CN(C)CC(=O)C12CC3CC(CC(C3)C1)C2.Cl. The third-order valence-corrected chi connectivity index (χ3v) is 5.09. The number of rotatable bonds is 3. The van der Waals surface area contributed by atoms with Crippen LogP contribution in [0.2, 0.25) is 0 Å². The Kier molecular flexibility index (Phi) is 3.57. The van der Waals surface area contributed by atoms with Crippen LogP contribution in [0.4, 0.5) is 0 Å². The average Bonchev–Trinajstić information content (AvgIpc) is 2.13. The summed E-state index contributed by atoms with van der Waals surface area (Å²) in [6, 6.07) is 0. The van der Waals surface area contributed by atoms with E-state index in [1.165, 1.54) is 38.5 Å². The van der Waals surface area contributed by atoms with Crippen LogP contribution in [-0.2, 0) is 4.79 Å². The molecule has 0 aromatic rings. The minimum Gasteiger partial charge on any atom is -0.302 e. The van der Waals surface area contributed by atoms with Crippen LogP contribution in [-0.4, -0.2) is 31.3 Å². The number of carbonyl (C=O) groups excluding carboxylic acids is 1. The lowest BCUT2D eigenvalue weighted by atomic mass is 9.48. The van der Waals surface area contributed by atoms with Gasteiger partial charge in [0.1, 0.15) is 0 Å². The molecule has 4 bridgehead atoms. The van der Waals surface area contributed by atoms with Gasteiger partial charge in [-0.3, -0.25) is 4.79 Å². The number of ketones is 1. The van der Waals surface area contributed by atoms with Gasteiger partial charge in [-0.05, 0) is 70.4 Å². The van der Waals surface area contributed by atoms with Crippen LogP contribution in [0.5, 0.6) is 0 Å². The molecule has 0 radical (unpaired) electrons. The maximum atomic E-state index is 12.5. The standard InChI is InChI=1S/C14H23NO.ClH/c1-15(2)9-13(16)14-6-10-3-11(7-14)5-12(4-10)8-14;/h10-12H,3-9H2,1-2H3;1H. The smallest absolute Gasteiger partial charge is 0.152 e. The van der Waals surface area contributed by atoms with E-state index in [9.17, 15) is 4.79 Å². The van der Waals surface area contributed by atoms with Crippen molar-refractivity contribution in [2.24, 2.45) is 23.2 Å². The van der Waals surface area contributed by atoms with Crippen molar-refractivity contribution in [2.45, 2.75) is 38.5 Å². The van der Waals surface area contributed by atoms with E-state index in [1.807, 2.05) is 19.0 Å². The van der Waals surface area contributed by atoms with Gasteiger partial charge >= 0.3 is 0 Å². The second-order valence-electron chi connectivity index (χ2n) is 6.86. The van der Waals surface area contributed by atoms with Gasteiger partial charge in [-0.2, -0.15) is 0 Å². The minimum absolute atomic E-state index is 0. The summed E-state index contributed by atoms with van der Waals surface area (Å²) in [5, 5.41) is 0. The Bertz CT molecular complexity index is 278. The summed E-state index contributed by atoms with van der Waals surface area (Å²) >= 11 is 0. The molecule has 0 spiro atoms. The first-order chi connectivity index (χ1) is 7.57. The number of carbonyl (C=O) groups is 1. The Morgan fingerprint density at radius 3 is 1.82 bits per heavy atom. The molecule has 0 amide bonds. The van der Waals surface area contributed by atoms with Gasteiger partial charge in [-0.1, -0.05) is 0 Å². The van der Waals surface area contributed by atoms with Crippen molar-refractivity contribution in [3.05, 3.63) is 0 Å². The number of hydrogen-bond donors (Lipinski definition) is 0. The summed E-state index contributed by atoms with van der Waals surface area (Å²) in [5.74, 6) is 3.20. The summed E-state index contributed by atoms with van der Waals surface area (Å²) in [5.41, 5.74) is 0.110. The van der Waals surface area contributed by atoms with Crippen LogP contribution in [0, 0.1) is 23.2 Å². The van der Waals surface area contributed by atoms with Gasteiger partial charge in [0.15, 0.2) is 5.78 Å². The molecule has 4 fully saturated rings. The molecule has 0 N–H and O–H groups in total. The molecule has 0 aromatic carbocycles. The van der Waals surface area contributed by atoms with E-state index < -0.39 is 0 Å². The molecule has 0 saturated heterocycles. The van der Waals surface area contributed by atoms with Gasteiger partial charge in [-0.15, -0.1) is 12.4 Å². The predicted molar refractivity (Wildman–Crippen MR) is 71.4 cm³/mol. The average molecular weight is 258 g/mol. The molecular weight excluding hydrogens is 234 g/mol. The molecule has 0 aromatic heterocycles. The van der Waals surface area contributed by atoms with Gasteiger partial charge in [0.05, 0.1) is 6.54 Å². The fraction of sp³-hybridized carbons (Fsp3) is 0.929. The van der Waals surface area contributed by atoms with Gasteiger partial charge in [-0.25, -0.2) is 0 Å². The summed E-state index contributed by atoms with van der Waals surface area (Å²) in [6.45, 7) is 0.659. The van der Waals surface area contributed by atoms with Gasteiger partial charge in [0.25, 0.3) is 0 Å². The number of Topliss-reactive ketones (excluding diaryl/α,β-unsaturated/α-hetero) is 1. The molecule has 4 rings (SSSR count). The Labute approximate surface area is 111 Å². The van der Waals surface area contributed by atoms with Crippen LogP contribution in [0.25, 0.3) is 0 Å². The molecular formula is C14H24ClNO.